The summed E-state index contributed by atoms with van der Waals surface area (Å²) in [6, 6.07) is 0. The second-order valence-electron chi connectivity index (χ2n) is 1.50. The smallest absolute Gasteiger partial charge is 0 e. The van der Waals surface area contributed by atoms with E-state index in [0.29, 0.717) is 0 Å². The van der Waals surface area contributed by atoms with Crippen molar-refractivity contribution in [1.29, 1.82) is 0 Å². The van der Waals surface area contributed by atoms with E-state index in [0.717, 1.165) is 0 Å². The molecule has 0 aliphatic carbocycles. The molecule has 0 aromatic heterocycles. The van der Waals surface area contributed by atoms with E-state index >= 15 is 0 Å². The van der Waals surface area contributed by atoms with E-state index in [1.165, 1.54) is 0 Å². The molecule has 0 bridgehead atoms. The van der Waals surface area contributed by atoms with Gasteiger partial charge >= 0.3 is 33.9 Å². The molecule has 0 unspecified atom stereocenters. The maximum atomic E-state index is 7.50. The molecule has 3 nitrogen and oxygen atoms in total. The van der Waals surface area contributed by atoms with Crippen LogP contribution in [0.15, 0.2) is 0 Å². The van der Waals surface area contributed by atoms with Gasteiger partial charge in [0.2, 0.25) is 0 Å². The van der Waals surface area contributed by atoms with Crippen LogP contribution in [0.25, 0.3) is 0 Å². The molecule has 0 N–H and O–H groups in total. The third-order valence-corrected chi connectivity index (χ3v) is 0. The van der Waals surface area contributed by atoms with E-state index in [2.05, 4.69) is 39.6 Å². The molecule has 0 amide bonds. The van der Waals surface area contributed by atoms with Crippen LogP contribution in [-0.4, -0.2) is 8.80 Å². The van der Waals surface area contributed by atoms with E-state index in [-0.39, 0.29) is 25.6 Å². The SMILES string of the molecule is C[Si](C)C.[C-]#[O+].[C-]#[O+].[C-]#[O+].[Co]. The van der Waals surface area contributed by atoms with Crippen LogP contribution in [0, 0.1) is 20.0 Å². The van der Waals surface area contributed by atoms with E-state index in [4.69, 9.17) is 14.0 Å². The van der Waals surface area contributed by atoms with Crippen LogP contribution in [-0.2, 0) is 30.7 Å². The molecule has 0 heterocycles. The minimum Gasteiger partial charge on any atom is 0 e. The summed E-state index contributed by atoms with van der Waals surface area (Å²) in [5, 5.41) is 0. The zero-order valence-electron chi connectivity index (χ0n) is 6.56. The van der Waals surface area contributed by atoms with Gasteiger partial charge in [-0.15, -0.1) is 0 Å². The van der Waals surface area contributed by atoms with E-state index in [1.54, 1.807) is 0 Å². The average Bonchev–Trinajstić information content (AvgIpc) is 1.98. The first-order chi connectivity index (χ1) is 4.73. The number of hydrogen-bond acceptors (Lipinski definition) is 0. The maximum Gasteiger partial charge on any atom is 0 e. The molecule has 0 saturated carbocycles. The molecule has 11 heavy (non-hydrogen) atoms. The fourth-order valence-corrected chi connectivity index (χ4v) is 0. The van der Waals surface area contributed by atoms with Crippen LogP contribution in [0.4, 0.5) is 0 Å². The minimum absolute atomic E-state index is 0. The van der Waals surface area contributed by atoms with Gasteiger partial charge in [-0.1, -0.05) is 19.6 Å². The van der Waals surface area contributed by atoms with Crippen molar-refractivity contribution in [2.45, 2.75) is 19.6 Å². The Labute approximate surface area is 79.5 Å². The van der Waals surface area contributed by atoms with Crippen LogP contribution in [0.1, 0.15) is 0 Å². The Morgan fingerprint density at radius 1 is 0.727 bits per heavy atom. The Balaban J connectivity index is -0.0000000152. The fourth-order valence-electron chi connectivity index (χ4n) is 0. The van der Waals surface area contributed by atoms with Crippen molar-refractivity contribution >= 4 is 8.80 Å². The van der Waals surface area contributed by atoms with Crippen LogP contribution in [0.2, 0.25) is 19.6 Å². The van der Waals surface area contributed by atoms with Crippen molar-refractivity contribution in [3.63, 3.8) is 0 Å². The quantitative estimate of drug-likeness (QED) is 0.332. The average molecular weight is 216 g/mol. The molecule has 64 valence electrons. The van der Waals surface area contributed by atoms with Gasteiger partial charge in [-0.05, 0) is 0 Å². The van der Waals surface area contributed by atoms with Crippen LogP contribution in [0.5, 0.6) is 0 Å². The molecule has 0 saturated heterocycles. The van der Waals surface area contributed by atoms with Gasteiger partial charge in [-0.25, -0.2) is 0 Å². The van der Waals surface area contributed by atoms with Gasteiger partial charge in [0.15, 0.2) is 0 Å². The molecular formula is C6H9CoO3Si. The summed E-state index contributed by atoms with van der Waals surface area (Å²) in [5.74, 6) is 0. The van der Waals surface area contributed by atoms with Gasteiger partial charge in [0.05, 0.1) is 0 Å². The summed E-state index contributed by atoms with van der Waals surface area (Å²) in [6.07, 6.45) is 0. The monoisotopic (exact) mass is 216 g/mol. The van der Waals surface area contributed by atoms with Gasteiger partial charge < -0.3 is 0 Å². The first-order valence-electron chi connectivity index (χ1n) is 2.11. The van der Waals surface area contributed by atoms with Gasteiger partial charge in [-0.2, -0.15) is 0 Å². The summed E-state index contributed by atoms with van der Waals surface area (Å²) in [4.78, 5) is 0. The van der Waals surface area contributed by atoms with E-state index in [1.807, 2.05) is 0 Å². The summed E-state index contributed by atoms with van der Waals surface area (Å²) >= 11 is 0. The minimum atomic E-state index is 0. The van der Waals surface area contributed by atoms with Gasteiger partial charge in [0.1, 0.15) is 0 Å². The summed E-state index contributed by atoms with van der Waals surface area (Å²) < 4.78 is 22.5. The number of hydrogen-bond donors (Lipinski definition) is 0. The van der Waals surface area contributed by atoms with Crippen molar-refractivity contribution in [2.24, 2.45) is 0 Å². The molecule has 2 radical (unpaired) electrons. The maximum absolute atomic E-state index is 7.50. The summed E-state index contributed by atoms with van der Waals surface area (Å²) in [6.45, 7) is 20.3. The van der Waals surface area contributed by atoms with Gasteiger partial charge in [0.25, 0.3) is 0 Å². The Bertz CT molecular complexity index is 70.5. The zero-order valence-corrected chi connectivity index (χ0v) is 8.60. The summed E-state index contributed by atoms with van der Waals surface area (Å²) in [5.41, 5.74) is 0. The Morgan fingerprint density at radius 2 is 0.727 bits per heavy atom. The topological polar surface area (TPSA) is 59.7 Å². The third kappa shape index (κ3) is 196000. The Kier molecular flexibility index (Phi) is 256. The Morgan fingerprint density at radius 3 is 0.727 bits per heavy atom. The molecule has 0 fully saturated rings. The molecule has 0 aromatic carbocycles. The molecule has 0 rings (SSSR count). The van der Waals surface area contributed by atoms with Crippen molar-refractivity contribution in [1.82, 2.24) is 0 Å². The largest absolute Gasteiger partial charge is 0 e. The standard InChI is InChI=1S/C3H9Si.3CO.Co/c1-4(2)3;3*1-2;/h1-3H3;;;;. The van der Waals surface area contributed by atoms with E-state index in [9.17, 15) is 0 Å². The van der Waals surface area contributed by atoms with Gasteiger partial charge in [0, 0.05) is 25.6 Å². The first-order valence-corrected chi connectivity index (χ1v) is 5.11. The molecule has 0 aliphatic heterocycles. The van der Waals surface area contributed by atoms with Crippen LogP contribution < -0.4 is 0 Å². The van der Waals surface area contributed by atoms with Crippen molar-refractivity contribution < 1.29 is 30.7 Å². The molecule has 0 spiro atoms. The molecule has 5 heteroatoms. The molecule has 0 aliphatic rings. The first kappa shape index (κ1) is 30.6. The summed E-state index contributed by atoms with van der Waals surface area (Å²) in [7, 11) is 0.120. The molecule has 0 aromatic rings. The van der Waals surface area contributed by atoms with Crippen molar-refractivity contribution in [3.05, 3.63) is 20.0 Å². The van der Waals surface area contributed by atoms with Crippen LogP contribution in [0.3, 0.4) is 0 Å². The van der Waals surface area contributed by atoms with Gasteiger partial charge in [-0.3, -0.25) is 0 Å². The van der Waals surface area contributed by atoms with E-state index < -0.39 is 0 Å². The third-order valence-electron chi connectivity index (χ3n) is 0. The number of rotatable bonds is 0. The molecular weight excluding hydrogens is 207 g/mol. The Hall–Kier alpha value is -0.0566. The second-order valence-corrected chi connectivity index (χ2v) is 4.50. The normalized spacial score (nSPS) is 3.82. The zero-order chi connectivity index (χ0) is 9.58. The van der Waals surface area contributed by atoms with Crippen LogP contribution >= 0.6 is 0 Å². The molecule has 0 atom stereocenters. The fraction of sp³-hybridized carbons (Fsp3) is 0.500. The van der Waals surface area contributed by atoms with Crippen molar-refractivity contribution in [3.8, 4) is 0 Å². The van der Waals surface area contributed by atoms with Crippen molar-refractivity contribution in [2.75, 3.05) is 0 Å². The predicted molar refractivity (Wildman–Crippen MR) is 35.1 cm³/mol. The second kappa shape index (κ2) is 91.8. The predicted octanol–water partition coefficient (Wildman–Crippen LogP) is 1.26.